The summed E-state index contributed by atoms with van der Waals surface area (Å²) in [5.41, 5.74) is 2.61. The molecule has 8 nitrogen and oxygen atoms in total. The number of benzene rings is 1. The Balaban J connectivity index is 1.67. The largest absolute Gasteiger partial charge is 0.393 e. The van der Waals surface area contributed by atoms with E-state index in [1.807, 2.05) is 0 Å². The van der Waals surface area contributed by atoms with E-state index in [0.717, 1.165) is 41.4 Å². The SMILES string of the molecule is C[C@@H](c1ccc2c(c1NC(=O)N1C=C(S(=N)(N)=O)SC1C(C)(O)CO)CC2)C1CC1. The molecule has 4 rings (SSSR count). The number of aliphatic hydroxyl groups is 2. The van der Waals surface area contributed by atoms with Crippen molar-refractivity contribution in [2.24, 2.45) is 11.1 Å². The number of hydrogen-bond acceptors (Lipinski definition) is 6. The summed E-state index contributed by atoms with van der Waals surface area (Å²) in [5.74, 6) is 0.957. The Bertz CT molecular complexity index is 1020. The lowest BCUT2D eigenvalue weighted by atomic mass is 9.82. The van der Waals surface area contributed by atoms with Crippen LogP contribution in [-0.4, -0.2) is 42.9 Å². The van der Waals surface area contributed by atoms with Crippen molar-refractivity contribution < 1.29 is 19.2 Å². The van der Waals surface area contributed by atoms with Crippen LogP contribution in [0.25, 0.3) is 0 Å². The van der Waals surface area contributed by atoms with Crippen LogP contribution in [0.4, 0.5) is 10.5 Å². The van der Waals surface area contributed by atoms with Crippen molar-refractivity contribution in [2.45, 2.75) is 56.4 Å². The van der Waals surface area contributed by atoms with Crippen molar-refractivity contribution in [3.8, 4) is 0 Å². The van der Waals surface area contributed by atoms with Crippen LogP contribution in [0.2, 0.25) is 0 Å². The van der Waals surface area contributed by atoms with Gasteiger partial charge in [0.15, 0.2) is 0 Å². The van der Waals surface area contributed by atoms with Crippen LogP contribution in [-0.2, 0) is 22.8 Å². The number of urea groups is 1. The van der Waals surface area contributed by atoms with E-state index in [2.05, 4.69) is 24.4 Å². The Kier molecular flexibility index (Phi) is 5.43. The van der Waals surface area contributed by atoms with Crippen molar-refractivity contribution in [1.82, 2.24) is 4.90 Å². The van der Waals surface area contributed by atoms with Crippen molar-refractivity contribution in [2.75, 3.05) is 11.9 Å². The zero-order valence-electron chi connectivity index (χ0n) is 17.1. The zero-order valence-corrected chi connectivity index (χ0v) is 18.7. The second kappa shape index (κ2) is 7.52. The summed E-state index contributed by atoms with van der Waals surface area (Å²) < 4.78 is 19.7. The number of aryl methyl sites for hydroxylation is 1. The summed E-state index contributed by atoms with van der Waals surface area (Å²) in [7, 11) is -3.56. The minimum atomic E-state index is -3.56. The minimum Gasteiger partial charge on any atom is -0.393 e. The lowest BCUT2D eigenvalue weighted by molar-refractivity contribution is -0.0200. The van der Waals surface area contributed by atoms with Gasteiger partial charge in [0.25, 0.3) is 0 Å². The molecule has 0 saturated heterocycles. The van der Waals surface area contributed by atoms with Crippen molar-refractivity contribution in [3.63, 3.8) is 0 Å². The maximum absolute atomic E-state index is 13.3. The number of carbonyl (C=O) groups excluding carboxylic acids is 1. The molecule has 6 N–H and O–H groups in total. The van der Waals surface area contributed by atoms with E-state index in [1.54, 1.807) is 0 Å². The molecule has 1 aromatic carbocycles. The number of amides is 2. The number of aliphatic hydroxyl groups excluding tert-OH is 1. The van der Waals surface area contributed by atoms with Gasteiger partial charge < -0.3 is 15.5 Å². The third-order valence-electron chi connectivity index (χ3n) is 6.25. The van der Waals surface area contributed by atoms with E-state index in [9.17, 15) is 19.2 Å². The molecule has 1 heterocycles. The second-order valence-corrected chi connectivity index (χ2v) is 11.7. The molecule has 10 heteroatoms. The molecule has 0 aromatic heterocycles. The number of nitrogens with zero attached hydrogens (tertiary/aromatic N) is 1. The fourth-order valence-corrected chi connectivity index (χ4v) is 6.17. The van der Waals surface area contributed by atoms with Gasteiger partial charge in [-0.1, -0.05) is 30.8 Å². The smallest absolute Gasteiger partial charge is 0.327 e. The summed E-state index contributed by atoms with van der Waals surface area (Å²) in [6.07, 6.45) is 5.51. The van der Waals surface area contributed by atoms with E-state index in [4.69, 9.17) is 9.92 Å². The number of anilines is 1. The summed E-state index contributed by atoms with van der Waals surface area (Å²) in [6.45, 7) is 2.96. The van der Waals surface area contributed by atoms with Crippen LogP contribution >= 0.6 is 11.8 Å². The lowest BCUT2D eigenvalue weighted by Crippen LogP contribution is -2.51. The molecule has 4 atom stereocenters. The highest BCUT2D eigenvalue weighted by atomic mass is 32.3. The van der Waals surface area contributed by atoms with Gasteiger partial charge in [0.05, 0.1) is 6.61 Å². The molecule has 0 spiro atoms. The van der Waals surface area contributed by atoms with Gasteiger partial charge in [-0.05, 0) is 61.1 Å². The first-order chi connectivity index (χ1) is 14.0. The van der Waals surface area contributed by atoms with Gasteiger partial charge in [0.1, 0.15) is 25.1 Å². The molecule has 1 aromatic rings. The highest BCUT2D eigenvalue weighted by Gasteiger charge is 2.44. The van der Waals surface area contributed by atoms with Gasteiger partial charge in [0.2, 0.25) is 0 Å². The molecule has 30 heavy (non-hydrogen) atoms. The van der Waals surface area contributed by atoms with Gasteiger partial charge in [-0.25, -0.2) is 18.9 Å². The monoisotopic (exact) mass is 452 g/mol. The zero-order chi connectivity index (χ0) is 21.8. The predicted octanol–water partition coefficient (Wildman–Crippen LogP) is 2.67. The maximum Gasteiger partial charge on any atom is 0.327 e. The molecule has 164 valence electrons. The Labute approximate surface area is 181 Å². The predicted molar refractivity (Wildman–Crippen MR) is 118 cm³/mol. The molecular weight excluding hydrogens is 424 g/mol. The van der Waals surface area contributed by atoms with Crippen molar-refractivity contribution in [1.29, 1.82) is 4.78 Å². The van der Waals surface area contributed by atoms with E-state index < -0.39 is 33.5 Å². The van der Waals surface area contributed by atoms with E-state index in [-0.39, 0.29) is 4.24 Å². The van der Waals surface area contributed by atoms with E-state index in [0.29, 0.717) is 11.8 Å². The number of carbonyl (C=O) groups is 1. The highest BCUT2D eigenvalue weighted by Crippen LogP contribution is 2.47. The third kappa shape index (κ3) is 3.87. The second-order valence-electron chi connectivity index (χ2n) is 8.67. The number of nitrogens with two attached hydrogens (primary N) is 1. The van der Waals surface area contributed by atoms with Gasteiger partial charge in [-0.3, -0.25) is 4.90 Å². The first kappa shape index (κ1) is 21.6. The maximum atomic E-state index is 13.3. The van der Waals surface area contributed by atoms with E-state index >= 15 is 0 Å². The number of fused-ring (bicyclic) bond motifs is 1. The van der Waals surface area contributed by atoms with Crippen LogP contribution in [0, 0.1) is 10.7 Å². The topological polar surface area (TPSA) is 140 Å². The van der Waals surface area contributed by atoms with Crippen LogP contribution in [0.1, 0.15) is 49.3 Å². The highest BCUT2D eigenvalue weighted by molar-refractivity contribution is 8.18. The van der Waals surface area contributed by atoms with Gasteiger partial charge in [0, 0.05) is 11.9 Å². The van der Waals surface area contributed by atoms with Crippen LogP contribution in [0.3, 0.4) is 0 Å². The lowest BCUT2D eigenvalue weighted by Gasteiger charge is -2.34. The summed E-state index contributed by atoms with van der Waals surface area (Å²) in [5, 5.41) is 27.7. The average Bonchev–Trinajstić information content (AvgIpc) is 3.38. The standard InChI is InChI=1S/C20H28N4O4S2/c1-11(12-3-4-12)14-7-5-13-6-8-15(13)17(14)23-19(26)24-9-16(30(21,22)28)29-18(24)20(2,27)10-25/h5,7,9,11-12,18,25,27H,3-4,6,8,10H2,1-2H3,(H,23,26)(H3,21,22,28)/t11-,18?,20?/m1/s1. The van der Waals surface area contributed by atoms with Crippen molar-refractivity contribution >= 4 is 33.4 Å². The number of nitrogens with one attached hydrogen (secondary N) is 2. The molecule has 3 unspecified atom stereocenters. The molecule has 2 aliphatic carbocycles. The molecule has 1 fully saturated rings. The third-order valence-corrected chi connectivity index (χ3v) is 9.28. The molecule has 1 aliphatic heterocycles. The fourth-order valence-electron chi connectivity index (χ4n) is 4.06. The van der Waals surface area contributed by atoms with Crippen LogP contribution in [0.15, 0.2) is 22.6 Å². The average molecular weight is 453 g/mol. The Morgan fingerprint density at radius 1 is 1.47 bits per heavy atom. The molecule has 0 radical (unpaired) electrons. The fraction of sp³-hybridized carbons (Fsp3) is 0.550. The van der Waals surface area contributed by atoms with Crippen molar-refractivity contribution in [3.05, 3.63) is 39.3 Å². The number of rotatable bonds is 6. The summed E-state index contributed by atoms with van der Waals surface area (Å²) in [6, 6.07) is 3.72. The molecular formula is C20H28N4O4S2. The molecule has 3 aliphatic rings. The van der Waals surface area contributed by atoms with E-state index in [1.165, 1.54) is 36.4 Å². The summed E-state index contributed by atoms with van der Waals surface area (Å²) in [4.78, 5) is 14.5. The first-order valence-electron chi connectivity index (χ1n) is 10.0. The molecule has 1 saturated carbocycles. The molecule has 0 bridgehead atoms. The Morgan fingerprint density at radius 3 is 2.70 bits per heavy atom. The van der Waals surface area contributed by atoms with Crippen LogP contribution in [0.5, 0.6) is 0 Å². The quantitative estimate of drug-likeness (QED) is 0.451. The molecule has 2 amide bonds. The Morgan fingerprint density at radius 2 is 2.17 bits per heavy atom. The summed E-state index contributed by atoms with van der Waals surface area (Å²) >= 11 is 0.871. The minimum absolute atomic E-state index is 0.0102. The first-order valence-corrected chi connectivity index (χ1v) is 12.5. The normalized spacial score (nSPS) is 25.4. The number of hydrogen-bond donors (Lipinski definition) is 5. The number of thioether (sulfide) groups is 1. The Hall–Kier alpha value is -1.59. The van der Waals surface area contributed by atoms with Gasteiger partial charge >= 0.3 is 6.03 Å². The van der Waals surface area contributed by atoms with Gasteiger partial charge in [-0.2, -0.15) is 0 Å². The van der Waals surface area contributed by atoms with Gasteiger partial charge in [-0.15, -0.1) is 0 Å². The van der Waals surface area contributed by atoms with Crippen LogP contribution < -0.4 is 10.5 Å².